The van der Waals surface area contributed by atoms with Crippen molar-refractivity contribution in [3.8, 4) is 17.2 Å². The van der Waals surface area contributed by atoms with Crippen LogP contribution in [0.1, 0.15) is 16.1 Å². The Balaban J connectivity index is 1.36. The summed E-state index contributed by atoms with van der Waals surface area (Å²) in [6.07, 6.45) is 2.32. The molecule has 1 aromatic heterocycles. The first-order valence-corrected chi connectivity index (χ1v) is 8.32. The van der Waals surface area contributed by atoms with E-state index in [1.165, 1.54) is 0 Å². The van der Waals surface area contributed by atoms with Crippen LogP contribution < -0.4 is 14.8 Å². The minimum absolute atomic E-state index is 0.0621. The lowest BCUT2D eigenvalue weighted by Gasteiger charge is -2.10. The number of carbonyl (C=O) groups excluding carboxylic acids is 1. The van der Waals surface area contributed by atoms with Crippen molar-refractivity contribution in [3.05, 3.63) is 66.0 Å². The van der Waals surface area contributed by atoms with Gasteiger partial charge in [-0.05, 0) is 35.9 Å². The Hall–Kier alpha value is -3.35. The second kappa shape index (κ2) is 6.87. The first-order chi connectivity index (χ1) is 12.7. The summed E-state index contributed by atoms with van der Waals surface area (Å²) in [5.41, 5.74) is 2.22. The van der Waals surface area contributed by atoms with E-state index in [2.05, 4.69) is 15.6 Å². The van der Waals surface area contributed by atoms with Crippen LogP contribution >= 0.6 is 0 Å². The average Bonchev–Trinajstić information content (AvgIpc) is 3.33. The predicted molar refractivity (Wildman–Crippen MR) is 94.8 cm³/mol. The summed E-state index contributed by atoms with van der Waals surface area (Å²) in [5, 5.41) is 10.8. The predicted octanol–water partition coefficient (Wildman–Crippen LogP) is 2.01. The van der Waals surface area contributed by atoms with Gasteiger partial charge in [0, 0.05) is 6.42 Å². The standard InChI is InChI=1S/C19H18N4O3/c1-25-15-8-6-14(7-9-15)23-12-17(21-22-23)19(24)20-11-16-10-13-4-2-3-5-18(13)26-16/h2-9,12,16H,10-11H2,1H3,(H,20,24)/t16-/m1/s1. The van der Waals surface area contributed by atoms with E-state index >= 15 is 0 Å². The van der Waals surface area contributed by atoms with Gasteiger partial charge in [0.25, 0.3) is 5.91 Å². The van der Waals surface area contributed by atoms with E-state index in [9.17, 15) is 4.79 Å². The number of para-hydroxylation sites is 1. The van der Waals surface area contributed by atoms with Gasteiger partial charge in [-0.1, -0.05) is 23.4 Å². The topological polar surface area (TPSA) is 78.3 Å². The Morgan fingerprint density at radius 3 is 2.85 bits per heavy atom. The lowest BCUT2D eigenvalue weighted by Crippen LogP contribution is -2.34. The van der Waals surface area contributed by atoms with E-state index in [-0.39, 0.29) is 17.7 Å². The quantitative estimate of drug-likeness (QED) is 0.762. The molecule has 1 amide bonds. The smallest absolute Gasteiger partial charge is 0.273 e. The highest BCUT2D eigenvalue weighted by molar-refractivity contribution is 5.91. The minimum Gasteiger partial charge on any atom is -0.497 e. The number of rotatable bonds is 5. The molecule has 0 radical (unpaired) electrons. The van der Waals surface area contributed by atoms with E-state index in [1.54, 1.807) is 18.0 Å². The fourth-order valence-electron chi connectivity index (χ4n) is 2.89. The molecule has 7 nitrogen and oxygen atoms in total. The molecule has 7 heteroatoms. The second-order valence-electron chi connectivity index (χ2n) is 6.01. The third-order valence-electron chi connectivity index (χ3n) is 4.27. The first-order valence-electron chi connectivity index (χ1n) is 8.32. The fourth-order valence-corrected chi connectivity index (χ4v) is 2.89. The number of carbonyl (C=O) groups is 1. The lowest BCUT2D eigenvalue weighted by molar-refractivity contribution is 0.0928. The number of aromatic nitrogens is 3. The largest absolute Gasteiger partial charge is 0.497 e. The molecular formula is C19H18N4O3. The first kappa shape index (κ1) is 16.1. The Bertz CT molecular complexity index is 896. The molecule has 26 heavy (non-hydrogen) atoms. The summed E-state index contributed by atoms with van der Waals surface area (Å²) >= 11 is 0. The lowest BCUT2D eigenvalue weighted by atomic mass is 10.1. The van der Waals surface area contributed by atoms with Crippen LogP contribution in [0.5, 0.6) is 11.5 Å². The van der Waals surface area contributed by atoms with Gasteiger partial charge in [0.05, 0.1) is 25.5 Å². The highest BCUT2D eigenvalue weighted by atomic mass is 16.5. The number of methoxy groups -OCH3 is 1. The van der Waals surface area contributed by atoms with E-state index in [0.717, 1.165) is 29.2 Å². The summed E-state index contributed by atoms with van der Waals surface area (Å²) in [4.78, 5) is 12.3. The summed E-state index contributed by atoms with van der Waals surface area (Å²) in [6, 6.07) is 15.3. The van der Waals surface area contributed by atoms with Crippen LogP contribution in [0.15, 0.2) is 54.7 Å². The Labute approximate surface area is 150 Å². The fraction of sp³-hybridized carbons (Fsp3) is 0.211. The molecule has 0 aliphatic carbocycles. The van der Waals surface area contributed by atoms with Crippen LogP contribution in [-0.4, -0.2) is 40.7 Å². The van der Waals surface area contributed by atoms with Gasteiger partial charge in [-0.15, -0.1) is 5.10 Å². The summed E-state index contributed by atoms with van der Waals surface area (Å²) < 4.78 is 12.5. The van der Waals surface area contributed by atoms with Crippen LogP contribution in [0.25, 0.3) is 5.69 Å². The molecule has 2 aromatic carbocycles. The molecule has 1 atom stereocenters. The third-order valence-corrected chi connectivity index (χ3v) is 4.27. The maximum absolute atomic E-state index is 12.3. The highest BCUT2D eigenvalue weighted by Crippen LogP contribution is 2.27. The normalized spacial score (nSPS) is 15.2. The van der Waals surface area contributed by atoms with E-state index in [4.69, 9.17) is 9.47 Å². The monoisotopic (exact) mass is 350 g/mol. The van der Waals surface area contributed by atoms with Gasteiger partial charge >= 0.3 is 0 Å². The maximum Gasteiger partial charge on any atom is 0.273 e. The number of benzene rings is 2. The number of hydrogen-bond acceptors (Lipinski definition) is 5. The molecule has 132 valence electrons. The van der Waals surface area contributed by atoms with Crippen molar-refractivity contribution in [1.29, 1.82) is 0 Å². The number of ether oxygens (including phenoxy) is 2. The van der Waals surface area contributed by atoms with Crippen LogP contribution in [0, 0.1) is 0 Å². The molecule has 1 aliphatic rings. The SMILES string of the molecule is COc1ccc(-n2cc(C(=O)NC[C@H]3Cc4ccccc4O3)nn2)cc1. The van der Waals surface area contributed by atoms with Gasteiger partial charge in [0.2, 0.25) is 0 Å². The van der Waals surface area contributed by atoms with Crippen molar-refractivity contribution in [2.45, 2.75) is 12.5 Å². The maximum atomic E-state index is 12.3. The Morgan fingerprint density at radius 2 is 2.08 bits per heavy atom. The zero-order valence-corrected chi connectivity index (χ0v) is 14.3. The van der Waals surface area contributed by atoms with Crippen LogP contribution in [0.2, 0.25) is 0 Å². The highest BCUT2D eigenvalue weighted by Gasteiger charge is 2.23. The molecule has 3 aromatic rings. The minimum atomic E-state index is -0.274. The molecule has 0 fully saturated rings. The number of nitrogens with zero attached hydrogens (tertiary/aromatic N) is 3. The van der Waals surface area contributed by atoms with Crippen LogP contribution in [0.3, 0.4) is 0 Å². The van der Waals surface area contributed by atoms with Crippen molar-refractivity contribution in [2.75, 3.05) is 13.7 Å². The van der Waals surface area contributed by atoms with Crippen LogP contribution in [-0.2, 0) is 6.42 Å². The van der Waals surface area contributed by atoms with Crippen molar-refractivity contribution in [2.24, 2.45) is 0 Å². The molecule has 1 aliphatic heterocycles. The number of fused-ring (bicyclic) bond motifs is 1. The molecule has 1 N–H and O–H groups in total. The number of nitrogens with one attached hydrogen (secondary N) is 1. The molecule has 2 heterocycles. The molecular weight excluding hydrogens is 332 g/mol. The van der Waals surface area contributed by atoms with E-state index < -0.39 is 0 Å². The summed E-state index contributed by atoms with van der Waals surface area (Å²) in [5.74, 6) is 1.37. The number of amides is 1. The van der Waals surface area contributed by atoms with E-state index in [0.29, 0.717) is 6.54 Å². The van der Waals surface area contributed by atoms with Crippen molar-refractivity contribution in [1.82, 2.24) is 20.3 Å². The molecule has 0 spiro atoms. The van der Waals surface area contributed by atoms with E-state index in [1.807, 2.05) is 48.5 Å². The number of hydrogen-bond donors (Lipinski definition) is 1. The molecule has 0 saturated heterocycles. The van der Waals surface area contributed by atoms with Gasteiger partial charge in [-0.3, -0.25) is 4.79 Å². The van der Waals surface area contributed by atoms with Gasteiger partial charge < -0.3 is 14.8 Å². The summed E-state index contributed by atoms with van der Waals surface area (Å²) in [6.45, 7) is 0.420. The van der Waals surface area contributed by atoms with Gasteiger partial charge in [-0.25, -0.2) is 4.68 Å². The van der Waals surface area contributed by atoms with Gasteiger partial charge in [0.15, 0.2) is 5.69 Å². The summed E-state index contributed by atoms with van der Waals surface area (Å²) in [7, 11) is 1.61. The molecule has 0 saturated carbocycles. The molecule has 0 unspecified atom stereocenters. The molecule has 4 rings (SSSR count). The van der Waals surface area contributed by atoms with Crippen molar-refractivity contribution in [3.63, 3.8) is 0 Å². The van der Waals surface area contributed by atoms with Crippen molar-refractivity contribution >= 4 is 5.91 Å². The zero-order chi connectivity index (χ0) is 17.9. The Kier molecular flexibility index (Phi) is 4.27. The average molecular weight is 350 g/mol. The Morgan fingerprint density at radius 1 is 1.27 bits per heavy atom. The third kappa shape index (κ3) is 3.23. The molecule has 0 bridgehead atoms. The zero-order valence-electron chi connectivity index (χ0n) is 14.3. The van der Waals surface area contributed by atoms with Crippen LogP contribution in [0.4, 0.5) is 0 Å². The second-order valence-corrected chi connectivity index (χ2v) is 6.01. The van der Waals surface area contributed by atoms with Gasteiger partial charge in [0.1, 0.15) is 17.6 Å². The van der Waals surface area contributed by atoms with Gasteiger partial charge in [-0.2, -0.15) is 0 Å². The van der Waals surface area contributed by atoms with Crippen molar-refractivity contribution < 1.29 is 14.3 Å².